The van der Waals surface area contributed by atoms with Gasteiger partial charge in [-0.2, -0.15) is 0 Å². The highest BCUT2D eigenvalue weighted by molar-refractivity contribution is 6.33. The summed E-state index contributed by atoms with van der Waals surface area (Å²) in [7, 11) is 0. The van der Waals surface area contributed by atoms with Gasteiger partial charge in [-0.3, -0.25) is 4.79 Å². The van der Waals surface area contributed by atoms with Gasteiger partial charge < -0.3 is 19.1 Å². The van der Waals surface area contributed by atoms with E-state index in [1.54, 1.807) is 0 Å². The number of carbonyl (C=O) groups is 1. The Morgan fingerprint density at radius 2 is 2.00 bits per heavy atom. The number of halogens is 1. The fraction of sp³-hybridized carbons (Fsp3) is 0.522. The lowest BCUT2D eigenvalue weighted by molar-refractivity contribution is -0.892. The average Bonchev–Trinajstić information content (AvgIpc) is 3.33. The van der Waals surface area contributed by atoms with E-state index in [2.05, 4.69) is 35.4 Å². The van der Waals surface area contributed by atoms with Crippen LogP contribution in [0.3, 0.4) is 0 Å². The Kier molecular flexibility index (Phi) is 6.28. The molecule has 0 unspecified atom stereocenters. The molecule has 0 radical (unpaired) electrons. The maximum atomic E-state index is 13.0. The van der Waals surface area contributed by atoms with Crippen molar-refractivity contribution in [3.8, 4) is 0 Å². The number of rotatable bonds is 6. The summed E-state index contributed by atoms with van der Waals surface area (Å²) < 4.78 is 8.05. The molecule has 2 aliphatic rings. The predicted octanol–water partition coefficient (Wildman–Crippen LogP) is 2.53. The first-order valence-corrected chi connectivity index (χ1v) is 11.1. The van der Waals surface area contributed by atoms with Gasteiger partial charge in [0.25, 0.3) is 0 Å². The van der Waals surface area contributed by atoms with Crippen LogP contribution in [0.1, 0.15) is 34.6 Å². The number of Topliss-reactive ketones (excluding diaryl/α,β-unsaturated/α-hetero) is 1. The minimum atomic E-state index is 0.248. The molecule has 1 N–H and O–H groups in total. The van der Waals surface area contributed by atoms with Crippen molar-refractivity contribution in [2.75, 3.05) is 44.2 Å². The first kappa shape index (κ1) is 20.5. The number of aryl methyl sites for hydroxylation is 1. The molecule has 0 amide bonds. The highest BCUT2D eigenvalue weighted by atomic mass is 35.5. The fourth-order valence-corrected chi connectivity index (χ4v) is 4.88. The molecule has 0 spiro atoms. The van der Waals surface area contributed by atoms with Gasteiger partial charge in [-0.15, -0.1) is 0 Å². The monoisotopic (exact) mass is 416 g/mol. The lowest BCUT2D eigenvalue weighted by Crippen LogP contribution is -3.15. The molecule has 6 heteroatoms. The van der Waals surface area contributed by atoms with Crippen molar-refractivity contribution in [3.05, 3.63) is 52.3 Å². The molecule has 1 aromatic carbocycles. The zero-order valence-corrected chi connectivity index (χ0v) is 18.2. The average molecular weight is 417 g/mol. The van der Waals surface area contributed by atoms with E-state index in [9.17, 15) is 4.79 Å². The molecule has 2 fully saturated rings. The molecule has 4 rings (SSSR count). The van der Waals surface area contributed by atoms with Gasteiger partial charge in [0.2, 0.25) is 5.78 Å². The summed E-state index contributed by atoms with van der Waals surface area (Å²) in [5.41, 5.74) is 4.20. The number of aromatic nitrogens is 1. The molecule has 3 heterocycles. The van der Waals surface area contributed by atoms with E-state index in [0.29, 0.717) is 6.54 Å². The maximum absolute atomic E-state index is 13.0. The summed E-state index contributed by atoms with van der Waals surface area (Å²) in [5.74, 6) is 0.248. The van der Waals surface area contributed by atoms with Gasteiger partial charge in [0.1, 0.15) is 6.54 Å². The van der Waals surface area contributed by atoms with Crippen LogP contribution in [0.5, 0.6) is 0 Å². The largest absolute Gasteiger partial charge is 0.376 e. The van der Waals surface area contributed by atoms with Gasteiger partial charge in [-0.05, 0) is 44.9 Å². The molecule has 156 valence electrons. The van der Waals surface area contributed by atoms with Gasteiger partial charge in [0.15, 0.2) is 0 Å². The van der Waals surface area contributed by atoms with E-state index in [1.165, 1.54) is 4.90 Å². The number of carbonyl (C=O) groups excluding carboxylic acids is 1. The van der Waals surface area contributed by atoms with Crippen LogP contribution < -0.4 is 9.80 Å². The summed E-state index contributed by atoms with van der Waals surface area (Å²) in [6.45, 7) is 10.2. The van der Waals surface area contributed by atoms with Crippen LogP contribution >= 0.6 is 11.6 Å². The van der Waals surface area contributed by atoms with Crippen molar-refractivity contribution < 1.29 is 14.4 Å². The Morgan fingerprint density at radius 1 is 1.24 bits per heavy atom. The van der Waals surface area contributed by atoms with E-state index in [0.717, 1.165) is 79.8 Å². The molecule has 0 saturated carbocycles. The molecule has 1 atom stereocenters. The molecule has 0 aliphatic carbocycles. The number of piperazine rings is 1. The zero-order chi connectivity index (χ0) is 20.4. The van der Waals surface area contributed by atoms with Gasteiger partial charge in [-0.1, -0.05) is 23.7 Å². The Balaban J connectivity index is 1.36. The minimum absolute atomic E-state index is 0.248. The van der Waals surface area contributed by atoms with E-state index >= 15 is 0 Å². The van der Waals surface area contributed by atoms with Crippen molar-refractivity contribution >= 4 is 23.1 Å². The number of ether oxygens (including phenoxy) is 1. The Hall–Kier alpha value is -1.82. The molecule has 2 aliphatic heterocycles. The number of ketones is 1. The number of para-hydroxylation sites is 1. The van der Waals surface area contributed by atoms with Crippen molar-refractivity contribution in [1.82, 2.24) is 4.57 Å². The Bertz CT molecular complexity index is 865. The molecule has 0 bridgehead atoms. The third-order valence-electron chi connectivity index (χ3n) is 6.36. The number of quaternary nitrogens is 1. The standard InChI is InChI=1S/C23H30ClN3O2/c1-17-14-20(18(2)27(17)15-19-6-5-13-29-19)23(28)16-25-9-11-26(12-10-25)22-8-4-3-7-21(22)24/h3-4,7-8,14,19H,5-6,9-13,15-16H2,1-2H3/p+1/t19-/m0/s1. The number of benzene rings is 1. The molecular formula is C23H31ClN3O2+. The number of hydrogen-bond acceptors (Lipinski definition) is 3. The first-order valence-electron chi connectivity index (χ1n) is 10.7. The van der Waals surface area contributed by atoms with Crippen LogP contribution in [0.4, 0.5) is 5.69 Å². The Labute approximate surface area is 178 Å². The molecule has 29 heavy (non-hydrogen) atoms. The number of anilines is 1. The second-order valence-corrected chi connectivity index (χ2v) is 8.73. The quantitative estimate of drug-likeness (QED) is 0.735. The van der Waals surface area contributed by atoms with Crippen LogP contribution in [-0.2, 0) is 11.3 Å². The van der Waals surface area contributed by atoms with Gasteiger partial charge >= 0.3 is 0 Å². The zero-order valence-electron chi connectivity index (χ0n) is 17.4. The van der Waals surface area contributed by atoms with E-state index in [-0.39, 0.29) is 11.9 Å². The van der Waals surface area contributed by atoms with E-state index in [4.69, 9.17) is 16.3 Å². The van der Waals surface area contributed by atoms with Crippen LogP contribution in [0.15, 0.2) is 30.3 Å². The van der Waals surface area contributed by atoms with Gasteiger partial charge in [0, 0.05) is 30.1 Å². The fourth-order valence-electron chi connectivity index (χ4n) is 4.63. The van der Waals surface area contributed by atoms with Crippen molar-refractivity contribution in [3.63, 3.8) is 0 Å². The van der Waals surface area contributed by atoms with Gasteiger partial charge in [-0.25, -0.2) is 0 Å². The van der Waals surface area contributed by atoms with Crippen molar-refractivity contribution in [2.45, 2.75) is 39.3 Å². The summed E-state index contributed by atoms with van der Waals surface area (Å²) in [6.07, 6.45) is 2.53. The van der Waals surface area contributed by atoms with Crippen LogP contribution in [0, 0.1) is 13.8 Å². The molecule has 5 nitrogen and oxygen atoms in total. The smallest absolute Gasteiger partial charge is 0.218 e. The second-order valence-electron chi connectivity index (χ2n) is 8.32. The van der Waals surface area contributed by atoms with Crippen LogP contribution in [0.2, 0.25) is 5.02 Å². The summed E-state index contributed by atoms with van der Waals surface area (Å²) >= 11 is 6.34. The molecule has 2 saturated heterocycles. The molecule has 1 aromatic heterocycles. The van der Waals surface area contributed by atoms with Crippen LogP contribution in [-0.4, -0.2) is 55.8 Å². The normalized spacial score (nSPS) is 20.4. The minimum Gasteiger partial charge on any atom is -0.376 e. The number of hydrogen-bond donors (Lipinski definition) is 1. The summed E-state index contributed by atoms with van der Waals surface area (Å²) in [5, 5.41) is 0.797. The highest BCUT2D eigenvalue weighted by Crippen LogP contribution is 2.25. The Morgan fingerprint density at radius 3 is 2.69 bits per heavy atom. The molecule has 2 aromatic rings. The summed E-state index contributed by atoms with van der Waals surface area (Å²) in [6, 6.07) is 10.1. The van der Waals surface area contributed by atoms with Crippen molar-refractivity contribution in [1.29, 1.82) is 0 Å². The third-order valence-corrected chi connectivity index (χ3v) is 6.68. The number of nitrogens with one attached hydrogen (secondary N) is 1. The van der Waals surface area contributed by atoms with E-state index in [1.807, 2.05) is 18.2 Å². The molecular weight excluding hydrogens is 386 g/mol. The first-order chi connectivity index (χ1) is 14.0. The predicted molar refractivity (Wildman–Crippen MR) is 116 cm³/mol. The summed E-state index contributed by atoms with van der Waals surface area (Å²) in [4.78, 5) is 16.7. The second kappa shape index (κ2) is 8.90. The lowest BCUT2D eigenvalue weighted by atomic mass is 10.1. The highest BCUT2D eigenvalue weighted by Gasteiger charge is 2.26. The third kappa shape index (κ3) is 4.52. The van der Waals surface area contributed by atoms with Gasteiger partial charge in [0.05, 0.1) is 43.0 Å². The van der Waals surface area contributed by atoms with E-state index < -0.39 is 0 Å². The van der Waals surface area contributed by atoms with Crippen molar-refractivity contribution in [2.24, 2.45) is 0 Å². The van der Waals surface area contributed by atoms with Crippen LogP contribution in [0.25, 0.3) is 0 Å². The lowest BCUT2D eigenvalue weighted by Gasteiger charge is -2.33. The topological polar surface area (TPSA) is 38.9 Å². The SMILES string of the molecule is Cc1cc(C(=O)C[NH+]2CCN(c3ccccc3Cl)CC2)c(C)n1C[C@@H]1CCCO1. The number of nitrogens with zero attached hydrogens (tertiary/aromatic N) is 2. The maximum Gasteiger partial charge on any atom is 0.218 e.